The van der Waals surface area contributed by atoms with Gasteiger partial charge in [-0.2, -0.15) is 0 Å². The van der Waals surface area contributed by atoms with Gasteiger partial charge in [0.1, 0.15) is 0 Å². The first-order chi connectivity index (χ1) is 10.1. The fourth-order valence-corrected chi connectivity index (χ4v) is 4.96. The summed E-state index contributed by atoms with van der Waals surface area (Å²) in [5, 5.41) is 8.69. The number of unbranched alkanes of at least 4 members (excludes halogenated alkanes) is 6. The average molecular weight is 335 g/mol. The predicted molar refractivity (Wildman–Crippen MR) is 102 cm³/mol. The summed E-state index contributed by atoms with van der Waals surface area (Å²) >= 11 is 0. The summed E-state index contributed by atoms with van der Waals surface area (Å²) in [6.45, 7) is 7.49. The highest BCUT2D eigenvalue weighted by Crippen LogP contribution is 2.29. The summed E-state index contributed by atoms with van der Waals surface area (Å²) < 4.78 is 0. The van der Waals surface area contributed by atoms with Crippen molar-refractivity contribution in [2.24, 2.45) is 5.41 Å². The second-order valence-electron chi connectivity index (χ2n) is 6.86. The lowest BCUT2D eigenvalue weighted by molar-refractivity contribution is 0.283. The van der Waals surface area contributed by atoms with Crippen LogP contribution in [0.2, 0.25) is 0 Å². The summed E-state index contributed by atoms with van der Waals surface area (Å²) in [4.78, 5) is 0. The first-order valence-corrected chi connectivity index (χ1v) is 11.5. The van der Waals surface area contributed by atoms with Crippen LogP contribution in [0.3, 0.4) is 0 Å². The molecule has 0 saturated heterocycles. The maximum absolute atomic E-state index is 8.69. The van der Waals surface area contributed by atoms with Gasteiger partial charge in [-0.1, -0.05) is 80.9 Å². The Labute approximate surface area is 141 Å². The summed E-state index contributed by atoms with van der Waals surface area (Å²) in [6.07, 6.45) is 14.5. The van der Waals surface area contributed by atoms with Crippen LogP contribution < -0.4 is 0 Å². The zero-order valence-corrected chi connectivity index (χ0v) is 16.3. The minimum atomic E-state index is 0.359. The Morgan fingerprint density at radius 1 is 0.714 bits per heavy atom. The molecule has 0 amide bonds. The molecule has 3 heteroatoms. The van der Waals surface area contributed by atoms with Gasteiger partial charge in [-0.3, -0.25) is 0 Å². The molecule has 0 fully saturated rings. The van der Waals surface area contributed by atoms with Crippen LogP contribution in [-0.2, 0) is 0 Å². The summed E-state index contributed by atoms with van der Waals surface area (Å²) in [5.41, 5.74) is 0.565. The molecule has 128 valence electrons. The third kappa shape index (κ3) is 16.9. The van der Waals surface area contributed by atoms with Crippen molar-refractivity contribution in [3.05, 3.63) is 0 Å². The normalized spacial score (nSPS) is 12.0. The van der Waals surface area contributed by atoms with Gasteiger partial charge in [0.15, 0.2) is 0 Å². The first kappa shape index (κ1) is 21.7. The van der Waals surface area contributed by atoms with Crippen LogP contribution in [0.4, 0.5) is 0 Å². The van der Waals surface area contributed by atoms with E-state index in [1.807, 2.05) is 10.8 Å². The van der Waals surface area contributed by atoms with Crippen LogP contribution in [-0.4, -0.2) is 23.2 Å². The molecule has 0 heterocycles. The second kappa shape index (κ2) is 15.6. The topological polar surface area (TPSA) is 20.2 Å². The van der Waals surface area contributed by atoms with Gasteiger partial charge < -0.3 is 5.11 Å². The monoisotopic (exact) mass is 334 g/mol. The Bertz CT molecular complexity index is 207. The number of hydrogen-bond acceptors (Lipinski definition) is 3. The zero-order valence-electron chi connectivity index (χ0n) is 14.7. The molecular formula is C18H38OS2. The van der Waals surface area contributed by atoms with Gasteiger partial charge in [-0.05, 0) is 37.5 Å². The number of aliphatic hydroxyl groups excluding tert-OH is 1. The highest BCUT2D eigenvalue weighted by molar-refractivity contribution is 8.76. The van der Waals surface area contributed by atoms with Crippen molar-refractivity contribution in [1.29, 1.82) is 0 Å². The second-order valence-corrected chi connectivity index (χ2v) is 9.56. The Hall–Kier alpha value is 0.660. The molecule has 0 atom stereocenters. The Morgan fingerprint density at radius 2 is 1.24 bits per heavy atom. The lowest BCUT2D eigenvalue weighted by atomic mass is 9.83. The predicted octanol–water partition coefficient (Wildman–Crippen LogP) is 6.70. The highest BCUT2D eigenvalue weighted by Gasteiger charge is 2.15. The molecule has 0 spiro atoms. The SMILES string of the molecule is CCCC(C)(C)CCCCCCSSCCCCCCO. The van der Waals surface area contributed by atoms with Crippen LogP contribution in [0, 0.1) is 5.41 Å². The molecule has 0 aliphatic heterocycles. The minimum Gasteiger partial charge on any atom is -0.396 e. The Morgan fingerprint density at radius 3 is 1.76 bits per heavy atom. The lowest BCUT2D eigenvalue weighted by Gasteiger charge is -2.23. The van der Waals surface area contributed by atoms with Crippen molar-refractivity contribution in [3.63, 3.8) is 0 Å². The van der Waals surface area contributed by atoms with E-state index in [1.165, 1.54) is 75.7 Å². The van der Waals surface area contributed by atoms with E-state index >= 15 is 0 Å². The van der Waals surface area contributed by atoms with Gasteiger partial charge in [-0.25, -0.2) is 0 Å². The van der Waals surface area contributed by atoms with E-state index in [1.54, 1.807) is 0 Å². The molecule has 0 bridgehead atoms. The van der Waals surface area contributed by atoms with Crippen LogP contribution >= 0.6 is 21.6 Å². The maximum Gasteiger partial charge on any atom is 0.0431 e. The fourth-order valence-electron chi connectivity index (χ4n) is 2.66. The fraction of sp³-hybridized carbons (Fsp3) is 1.00. The van der Waals surface area contributed by atoms with Crippen LogP contribution in [0.1, 0.15) is 91.4 Å². The Kier molecular flexibility index (Phi) is 16.0. The van der Waals surface area contributed by atoms with Crippen molar-refractivity contribution >= 4 is 21.6 Å². The van der Waals surface area contributed by atoms with E-state index in [4.69, 9.17) is 5.11 Å². The molecule has 0 aromatic rings. The molecule has 0 aromatic heterocycles. The van der Waals surface area contributed by atoms with Gasteiger partial charge in [0.05, 0.1) is 0 Å². The molecule has 0 saturated carbocycles. The van der Waals surface area contributed by atoms with Gasteiger partial charge in [0.2, 0.25) is 0 Å². The average Bonchev–Trinajstić information content (AvgIpc) is 2.44. The molecule has 21 heavy (non-hydrogen) atoms. The zero-order chi connectivity index (χ0) is 15.8. The standard InChI is InChI=1S/C18H38OS2/c1-4-13-18(2,3)14-9-5-7-11-16-20-21-17-12-8-6-10-15-19/h19H,4-17H2,1-3H3. The highest BCUT2D eigenvalue weighted by atomic mass is 33.1. The molecular weight excluding hydrogens is 296 g/mol. The number of rotatable bonds is 16. The summed E-state index contributed by atoms with van der Waals surface area (Å²) in [7, 11) is 4.10. The van der Waals surface area contributed by atoms with Gasteiger partial charge in [0.25, 0.3) is 0 Å². The van der Waals surface area contributed by atoms with Crippen LogP contribution in [0.5, 0.6) is 0 Å². The van der Waals surface area contributed by atoms with Crippen molar-refractivity contribution in [2.45, 2.75) is 91.4 Å². The van der Waals surface area contributed by atoms with Crippen LogP contribution in [0.15, 0.2) is 0 Å². The third-order valence-electron chi connectivity index (χ3n) is 3.98. The van der Waals surface area contributed by atoms with E-state index < -0.39 is 0 Å². The van der Waals surface area contributed by atoms with Crippen molar-refractivity contribution in [3.8, 4) is 0 Å². The number of aliphatic hydroxyl groups is 1. The van der Waals surface area contributed by atoms with Crippen molar-refractivity contribution in [2.75, 3.05) is 18.1 Å². The van der Waals surface area contributed by atoms with Gasteiger partial charge in [-0.15, -0.1) is 0 Å². The molecule has 0 aliphatic carbocycles. The van der Waals surface area contributed by atoms with E-state index in [9.17, 15) is 0 Å². The van der Waals surface area contributed by atoms with Crippen molar-refractivity contribution in [1.82, 2.24) is 0 Å². The molecule has 0 radical (unpaired) electrons. The third-order valence-corrected chi connectivity index (χ3v) is 6.55. The van der Waals surface area contributed by atoms with E-state index in [-0.39, 0.29) is 0 Å². The van der Waals surface area contributed by atoms with Crippen LogP contribution in [0.25, 0.3) is 0 Å². The van der Waals surface area contributed by atoms with E-state index in [0.717, 1.165) is 6.42 Å². The van der Waals surface area contributed by atoms with E-state index in [2.05, 4.69) is 31.6 Å². The minimum absolute atomic E-state index is 0.359. The lowest BCUT2D eigenvalue weighted by Crippen LogP contribution is -2.10. The molecule has 1 nitrogen and oxygen atoms in total. The van der Waals surface area contributed by atoms with Gasteiger partial charge in [0, 0.05) is 18.1 Å². The summed E-state index contributed by atoms with van der Waals surface area (Å²) in [6, 6.07) is 0. The van der Waals surface area contributed by atoms with Gasteiger partial charge >= 0.3 is 0 Å². The Balaban J connectivity index is 3.12. The maximum atomic E-state index is 8.69. The molecule has 1 N–H and O–H groups in total. The number of hydrogen-bond donors (Lipinski definition) is 1. The molecule has 0 aliphatic rings. The quantitative estimate of drug-likeness (QED) is 0.250. The van der Waals surface area contributed by atoms with Crippen molar-refractivity contribution < 1.29 is 5.11 Å². The summed E-state index contributed by atoms with van der Waals surface area (Å²) in [5.74, 6) is 2.60. The largest absolute Gasteiger partial charge is 0.396 e. The first-order valence-electron chi connectivity index (χ1n) is 8.97. The molecule has 0 rings (SSSR count). The molecule has 0 unspecified atom stereocenters. The van der Waals surface area contributed by atoms with E-state index in [0.29, 0.717) is 12.0 Å². The molecule has 0 aromatic carbocycles. The smallest absolute Gasteiger partial charge is 0.0431 e.